The van der Waals surface area contributed by atoms with Gasteiger partial charge in [-0.05, 0) is 43.0 Å². The molecule has 2 N–H and O–H groups in total. The van der Waals surface area contributed by atoms with E-state index in [4.69, 9.17) is 0 Å². The fourth-order valence-corrected chi connectivity index (χ4v) is 4.99. The maximum atomic E-state index is 10.6. The number of phenolic OH excluding ortho intramolecular Hbond substituents is 1. The highest BCUT2D eigenvalue weighted by Gasteiger charge is 2.27. The Hall–Kier alpha value is -2.30. The number of hydrogen-bond donors (Lipinski definition) is 2. The molecule has 4 aromatic rings. The van der Waals surface area contributed by atoms with Gasteiger partial charge in [-0.25, -0.2) is 0 Å². The number of aromatic amines is 1. The number of aromatic hydroxyl groups is 1. The Bertz CT molecular complexity index is 1030. The van der Waals surface area contributed by atoms with Gasteiger partial charge in [-0.3, -0.25) is 4.90 Å². The molecule has 1 aliphatic rings. The van der Waals surface area contributed by atoms with E-state index in [1.165, 1.54) is 28.5 Å². The van der Waals surface area contributed by atoms with Crippen LogP contribution in [0.25, 0.3) is 21.8 Å². The minimum Gasteiger partial charge on any atom is -0.508 e. The average molecular weight is 348 g/mol. The SMILES string of the molecule is Oc1cc2[nH]c3ccccc3c2cc1CN1CCCC1c1cccs1. The molecule has 1 unspecified atom stereocenters. The Kier molecular flexibility index (Phi) is 3.54. The van der Waals surface area contributed by atoms with Gasteiger partial charge in [-0.1, -0.05) is 24.3 Å². The van der Waals surface area contributed by atoms with Crippen LogP contribution < -0.4 is 0 Å². The molecule has 1 saturated heterocycles. The lowest BCUT2D eigenvalue weighted by molar-refractivity contribution is 0.248. The predicted octanol–water partition coefficient (Wildman–Crippen LogP) is 5.43. The van der Waals surface area contributed by atoms with E-state index in [1.807, 2.05) is 23.5 Å². The number of H-pyrrole nitrogens is 1. The number of fused-ring (bicyclic) bond motifs is 3. The maximum Gasteiger partial charge on any atom is 0.122 e. The Morgan fingerprint density at radius 1 is 1.08 bits per heavy atom. The number of thiophene rings is 1. The number of benzene rings is 2. The summed E-state index contributed by atoms with van der Waals surface area (Å²) in [5, 5.41) is 15.1. The van der Waals surface area contributed by atoms with Crippen molar-refractivity contribution >= 4 is 33.1 Å². The minimum absolute atomic E-state index is 0.385. The number of rotatable bonds is 3. The maximum absolute atomic E-state index is 10.6. The Labute approximate surface area is 150 Å². The summed E-state index contributed by atoms with van der Waals surface area (Å²) < 4.78 is 0. The Morgan fingerprint density at radius 2 is 2.00 bits per heavy atom. The molecule has 0 saturated carbocycles. The number of hydrogen-bond acceptors (Lipinski definition) is 3. The number of aromatic nitrogens is 1. The number of likely N-dealkylation sites (tertiary alicyclic amines) is 1. The van der Waals surface area contributed by atoms with Crippen LogP contribution in [0.15, 0.2) is 53.9 Å². The first kappa shape index (κ1) is 15.0. The molecule has 2 aromatic heterocycles. The fraction of sp³-hybridized carbons (Fsp3) is 0.238. The summed E-state index contributed by atoms with van der Waals surface area (Å²) in [6.07, 6.45) is 2.43. The second kappa shape index (κ2) is 5.90. The zero-order valence-electron chi connectivity index (χ0n) is 13.9. The first-order valence-electron chi connectivity index (χ1n) is 8.79. The second-order valence-electron chi connectivity index (χ2n) is 6.84. The van der Waals surface area contributed by atoms with E-state index in [-0.39, 0.29) is 0 Å². The summed E-state index contributed by atoms with van der Waals surface area (Å²) in [6.45, 7) is 1.89. The molecule has 2 aromatic carbocycles. The van der Waals surface area contributed by atoms with Gasteiger partial charge in [0, 0.05) is 45.4 Å². The molecule has 0 aliphatic carbocycles. The van der Waals surface area contributed by atoms with Gasteiger partial charge in [0.25, 0.3) is 0 Å². The second-order valence-corrected chi connectivity index (χ2v) is 7.82. The molecule has 0 amide bonds. The highest BCUT2D eigenvalue weighted by Crippen LogP contribution is 2.38. The van der Waals surface area contributed by atoms with E-state index < -0.39 is 0 Å². The highest BCUT2D eigenvalue weighted by molar-refractivity contribution is 7.10. The summed E-state index contributed by atoms with van der Waals surface area (Å²) in [5.74, 6) is 0.385. The first-order chi connectivity index (χ1) is 12.3. The van der Waals surface area contributed by atoms with Crippen molar-refractivity contribution in [3.63, 3.8) is 0 Å². The molecular weight excluding hydrogens is 328 g/mol. The van der Waals surface area contributed by atoms with Crippen molar-refractivity contribution in [2.75, 3.05) is 6.54 Å². The standard InChI is InChI=1S/C21H20N2OS/c24-20-12-18-16(15-5-1-2-6-17(15)22-18)11-14(20)13-23-9-3-7-19(23)21-8-4-10-25-21/h1-2,4-6,8,10-12,19,22,24H,3,7,9,13H2. The molecular formula is C21H20N2OS. The van der Waals surface area contributed by atoms with Crippen LogP contribution in [0.1, 0.15) is 29.3 Å². The van der Waals surface area contributed by atoms with Gasteiger partial charge < -0.3 is 10.1 Å². The monoisotopic (exact) mass is 348 g/mol. The van der Waals surface area contributed by atoms with Gasteiger partial charge in [-0.15, -0.1) is 11.3 Å². The van der Waals surface area contributed by atoms with Crippen molar-refractivity contribution in [1.82, 2.24) is 9.88 Å². The van der Waals surface area contributed by atoms with Crippen LogP contribution in [0.3, 0.4) is 0 Å². The molecule has 1 atom stereocenters. The molecule has 0 spiro atoms. The lowest BCUT2D eigenvalue weighted by atomic mass is 10.1. The van der Waals surface area contributed by atoms with E-state index in [1.54, 1.807) is 0 Å². The smallest absolute Gasteiger partial charge is 0.122 e. The van der Waals surface area contributed by atoms with Crippen LogP contribution in [-0.4, -0.2) is 21.5 Å². The van der Waals surface area contributed by atoms with Crippen molar-refractivity contribution in [2.45, 2.75) is 25.4 Å². The van der Waals surface area contributed by atoms with Gasteiger partial charge in [0.15, 0.2) is 0 Å². The number of nitrogens with one attached hydrogen (secondary N) is 1. The molecule has 1 fully saturated rings. The third-order valence-electron chi connectivity index (χ3n) is 5.31. The molecule has 3 nitrogen and oxygen atoms in total. The molecule has 3 heterocycles. The van der Waals surface area contributed by atoms with Crippen LogP contribution in [0, 0.1) is 0 Å². The summed E-state index contributed by atoms with van der Waals surface area (Å²) in [7, 11) is 0. The summed E-state index contributed by atoms with van der Waals surface area (Å²) >= 11 is 1.84. The summed E-state index contributed by atoms with van der Waals surface area (Å²) in [5.41, 5.74) is 3.13. The lowest BCUT2D eigenvalue weighted by Crippen LogP contribution is -2.22. The van der Waals surface area contributed by atoms with Crippen LogP contribution in [0.2, 0.25) is 0 Å². The molecule has 126 valence electrons. The minimum atomic E-state index is 0.385. The van der Waals surface area contributed by atoms with Crippen LogP contribution >= 0.6 is 11.3 Å². The number of phenols is 1. The van der Waals surface area contributed by atoms with E-state index >= 15 is 0 Å². The van der Waals surface area contributed by atoms with E-state index in [9.17, 15) is 5.11 Å². The number of nitrogens with zero attached hydrogens (tertiary/aromatic N) is 1. The van der Waals surface area contributed by atoms with E-state index in [2.05, 4.69) is 51.7 Å². The van der Waals surface area contributed by atoms with Crippen molar-refractivity contribution in [2.24, 2.45) is 0 Å². The normalized spacial score (nSPS) is 18.5. The molecule has 0 radical (unpaired) electrons. The first-order valence-corrected chi connectivity index (χ1v) is 9.67. The van der Waals surface area contributed by atoms with E-state index in [0.717, 1.165) is 29.7 Å². The lowest BCUT2D eigenvalue weighted by Gasteiger charge is -2.24. The van der Waals surface area contributed by atoms with Crippen molar-refractivity contribution in [3.8, 4) is 5.75 Å². The average Bonchev–Trinajstić information content (AvgIpc) is 3.34. The summed E-state index contributed by atoms with van der Waals surface area (Å²) in [4.78, 5) is 7.34. The van der Waals surface area contributed by atoms with Crippen molar-refractivity contribution in [1.29, 1.82) is 0 Å². The van der Waals surface area contributed by atoms with Crippen LogP contribution in [-0.2, 0) is 6.54 Å². The summed E-state index contributed by atoms with van der Waals surface area (Å²) in [6, 6.07) is 17.2. The van der Waals surface area contributed by atoms with Crippen LogP contribution in [0.4, 0.5) is 0 Å². The van der Waals surface area contributed by atoms with Crippen molar-refractivity contribution < 1.29 is 5.11 Å². The van der Waals surface area contributed by atoms with Gasteiger partial charge in [0.05, 0.1) is 5.52 Å². The van der Waals surface area contributed by atoms with Gasteiger partial charge in [0.2, 0.25) is 0 Å². The van der Waals surface area contributed by atoms with Gasteiger partial charge >= 0.3 is 0 Å². The van der Waals surface area contributed by atoms with Gasteiger partial charge in [-0.2, -0.15) is 0 Å². The fourth-order valence-electron chi connectivity index (χ4n) is 4.10. The largest absolute Gasteiger partial charge is 0.508 e. The molecule has 0 bridgehead atoms. The highest BCUT2D eigenvalue weighted by atomic mass is 32.1. The van der Waals surface area contributed by atoms with Crippen LogP contribution in [0.5, 0.6) is 5.75 Å². The molecule has 4 heteroatoms. The zero-order valence-corrected chi connectivity index (χ0v) is 14.7. The molecule has 25 heavy (non-hydrogen) atoms. The Balaban J connectivity index is 1.54. The Morgan fingerprint density at radius 3 is 2.88 bits per heavy atom. The number of para-hydroxylation sites is 1. The third kappa shape index (κ3) is 2.53. The third-order valence-corrected chi connectivity index (χ3v) is 6.29. The topological polar surface area (TPSA) is 39.3 Å². The van der Waals surface area contributed by atoms with E-state index in [0.29, 0.717) is 11.8 Å². The molecule has 1 aliphatic heterocycles. The van der Waals surface area contributed by atoms with Gasteiger partial charge in [0.1, 0.15) is 5.75 Å². The zero-order chi connectivity index (χ0) is 16.8. The van der Waals surface area contributed by atoms with Crippen molar-refractivity contribution in [3.05, 3.63) is 64.4 Å². The quantitative estimate of drug-likeness (QED) is 0.518. The predicted molar refractivity (Wildman–Crippen MR) is 104 cm³/mol. The molecule has 5 rings (SSSR count).